The normalized spacial score (nSPS) is 13.6. The lowest BCUT2D eigenvalue weighted by molar-refractivity contribution is -0.150. The second-order valence-electron chi connectivity index (χ2n) is 9.06. The van der Waals surface area contributed by atoms with E-state index in [-0.39, 0.29) is 58.9 Å². The number of nitrogens with zero attached hydrogens (tertiary/aromatic N) is 2. The molecule has 1 aromatic heterocycles. The third-order valence-electron chi connectivity index (χ3n) is 4.91. The molecule has 0 spiro atoms. The second-order valence-corrected chi connectivity index (χ2v) is 9.93. The molecule has 1 heterocycles. The number of amides is 2. The first-order chi connectivity index (χ1) is 15.4. The summed E-state index contributed by atoms with van der Waals surface area (Å²) in [5.74, 6) is -2.27. The summed E-state index contributed by atoms with van der Waals surface area (Å²) >= 11 is 1.17. The minimum absolute atomic E-state index is 0. The molecule has 2 atom stereocenters. The first-order valence-corrected chi connectivity index (χ1v) is 11.5. The zero-order valence-electron chi connectivity index (χ0n) is 20.0. The topological polar surface area (TPSA) is 116 Å². The Labute approximate surface area is 208 Å². The average molecular weight is 515 g/mol. The summed E-state index contributed by atoms with van der Waals surface area (Å²) in [5.41, 5.74) is 5.66. The Morgan fingerprint density at radius 3 is 2.56 bits per heavy atom. The van der Waals surface area contributed by atoms with Crippen LogP contribution in [0.15, 0.2) is 34.8 Å². The molecular formula is C23H32ClFN4O4S. The molecule has 2 aromatic rings. The molecule has 0 aliphatic carbocycles. The molecule has 0 aliphatic heterocycles. The van der Waals surface area contributed by atoms with Gasteiger partial charge < -0.3 is 15.8 Å². The van der Waals surface area contributed by atoms with E-state index in [0.29, 0.717) is 0 Å². The summed E-state index contributed by atoms with van der Waals surface area (Å²) in [5, 5.41) is 4.20. The van der Waals surface area contributed by atoms with E-state index < -0.39 is 23.7 Å². The van der Waals surface area contributed by atoms with E-state index in [9.17, 15) is 18.8 Å². The van der Waals surface area contributed by atoms with Gasteiger partial charge in [0.05, 0.1) is 5.69 Å². The molecule has 0 fully saturated rings. The Hall–Kier alpha value is -2.56. The number of ether oxygens (including phenoxy) is 1. The highest BCUT2D eigenvalue weighted by molar-refractivity contribution is 7.07. The molecule has 0 saturated carbocycles. The van der Waals surface area contributed by atoms with Crippen LogP contribution in [-0.2, 0) is 21.1 Å². The molecule has 1 aromatic carbocycles. The second kappa shape index (κ2) is 12.8. The quantitative estimate of drug-likeness (QED) is 0.514. The van der Waals surface area contributed by atoms with Gasteiger partial charge in [-0.15, -0.1) is 23.7 Å². The lowest BCUT2D eigenvalue weighted by Gasteiger charge is -2.17. The Morgan fingerprint density at radius 1 is 1.29 bits per heavy atom. The van der Waals surface area contributed by atoms with Crippen molar-refractivity contribution < 1.29 is 23.5 Å². The van der Waals surface area contributed by atoms with Crippen LogP contribution in [-0.4, -0.2) is 28.4 Å². The van der Waals surface area contributed by atoms with E-state index in [4.69, 9.17) is 10.5 Å². The predicted octanol–water partition coefficient (Wildman–Crippen LogP) is 4.10. The van der Waals surface area contributed by atoms with Crippen molar-refractivity contribution in [3.05, 3.63) is 46.0 Å². The van der Waals surface area contributed by atoms with Crippen LogP contribution in [0.25, 0.3) is 0 Å². The standard InChI is InChI=1S/C23H31FN4O4S.ClH/c1-6-14(2)19(25)21(31)32-13-28-9-10-33-22(28)27-20(30)15-7-8-17(16(24)11-15)26-18(29)12-23(3,4)5;/h7-11,14,19H,6,12-13,25H2,1-5H3,(H,26,29);1H/t14-,19-;/m0./s1. The molecule has 0 radical (unpaired) electrons. The number of nitrogens with two attached hydrogens (primary N) is 1. The number of esters is 1. The fourth-order valence-corrected chi connectivity index (χ4v) is 3.49. The van der Waals surface area contributed by atoms with Crippen molar-refractivity contribution in [2.24, 2.45) is 22.1 Å². The van der Waals surface area contributed by atoms with Gasteiger partial charge >= 0.3 is 5.97 Å². The number of thiazole rings is 1. The molecule has 8 nitrogen and oxygen atoms in total. The van der Waals surface area contributed by atoms with Crippen molar-refractivity contribution in [2.75, 3.05) is 5.32 Å². The van der Waals surface area contributed by atoms with Crippen LogP contribution in [0.4, 0.5) is 10.1 Å². The molecular weight excluding hydrogens is 483 g/mol. The fourth-order valence-electron chi connectivity index (χ4n) is 2.78. The highest BCUT2D eigenvalue weighted by Gasteiger charge is 2.21. The van der Waals surface area contributed by atoms with Crippen molar-refractivity contribution in [1.29, 1.82) is 0 Å². The smallest absolute Gasteiger partial charge is 0.324 e. The van der Waals surface area contributed by atoms with E-state index >= 15 is 0 Å². The van der Waals surface area contributed by atoms with Gasteiger partial charge in [-0.2, -0.15) is 4.99 Å². The van der Waals surface area contributed by atoms with Crippen LogP contribution in [0.3, 0.4) is 0 Å². The maximum absolute atomic E-state index is 14.5. The van der Waals surface area contributed by atoms with Gasteiger partial charge in [0.15, 0.2) is 11.5 Å². The number of benzene rings is 1. The van der Waals surface area contributed by atoms with Crippen LogP contribution in [0.1, 0.15) is 57.8 Å². The number of rotatable bonds is 8. The molecule has 0 unspecified atom stereocenters. The molecule has 2 rings (SSSR count). The minimum atomic E-state index is -0.735. The summed E-state index contributed by atoms with van der Waals surface area (Å²) < 4.78 is 21.2. The predicted molar refractivity (Wildman–Crippen MR) is 132 cm³/mol. The summed E-state index contributed by atoms with van der Waals surface area (Å²) in [6.45, 7) is 9.37. The van der Waals surface area contributed by atoms with Crippen LogP contribution >= 0.6 is 23.7 Å². The highest BCUT2D eigenvalue weighted by Crippen LogP contribution is 2.21. The van der Waals surface area contributed by atoms with Gasteiger partial charge in [0, 0.05) is 23.6 Å². The first-order valence-electron chi connectivity index (χ1n) is 10.7. The first kappa shape index (κ1) is 29.5. The number of anilines is 1. The molecule has 0 aliphatic rings. The van der Waals surface area contributed by atoms with E-state index in [1.165, 1.54) is 28.0 Å². The zero-order chi connectivity index (χ0) is 24.8. The number of hydrogen-bond acceptors (Lipinski definition) is 6. The van der Waals surface area contributed by atoms with Crippen molar-refractivity contribution in [3.63, 3.8) is 0 Å². The van der Waals surface area contributed by atoms with Crippen molar-refractivity contribution >= 4 is 47.2 Å². The van der Waals surface area contributed by atoms with Crippen molar-refractivity contribution in [3.8, 4) is 0 Å². The number of nitrogens with one attached hydrogen (secondary N) is 1. The third kappa shape index (κ3) is 8.66. The van der Waals surface area contributed by atoms with Crippen molar-refractivity contribution in [1.82, 2.24) is 4.57 Å². The lowest BCUT2D eigenvalue weighted by atomic mass is 9.92. The Bertz CT molecular complexity index is 1080. The minimum Gasteiger partial charge on any atom is -0.443 e. The number of carbonyl (C=O) groups excluding carboxylic acids is 3. The molecule has 0 bridgehead atoms. The highest BCUT2D eigenvalue weighted by atomic mass is 35.5. The molecule has 0 saturated heterocycles. The van der Waals surface area contributed by atoms with E-state index in [1.54, 1.807) is 11.6 Å². The average Bonchev–Trinajstić information content (AvgIpc) is 3.17. The maximum Gasteiger partial charge on any atom is 0.324 e. The monoisotopic (exact) mass is 514 g/mol. The van der Waals surface area contributed by atoms with Crippen LogP contribution in [0.2, 0.25) is 0 Å². The fraction of sp³-hybridized carbons (Fsp3) is 0.478. The Morgan fingerprint density at radius 2 is 1.97 bits per heavy atom. The van der Waals surface area contributed by atoms with Gasteiger partial charge in [0.1, 0.15) is 11.9 Å². The summed E-state index contributed by atoms with van der Waals surface area (Å²) in [6, 6.07) is 3.02. The largest absolute Gasteiger partial charge is 0.443 e. The van der Waals surface area contributed by atoms with Gasteiger partial charge in [0.25, 0.3) is 5.91 Å². The maximum atomic E-state index is 14.5. The lowest BCUT2D eigenvalue weighted by Crippen LogP contribution is -2.38. The van der Waals surface area contributed by atoms with Crippen LogP contribution in [0, 0.1) is 17.2 Å². The number of hydrogen-bond donors (Lipinski definition) is 2. The molecule has 34 heavy (non-hydrogen) atoms. The molecule has 188 valence electrons. The third-order valence-corrected chi connectivity index (χ3v) is 5.71. The Kier molecular flexibility index (Phi) is 11.1. The van der Waals surface area contributed by atoms with Crippen LogP contribution < -0.4 is 15.9 Å². The van der Waals surface area contributed by atoms with E-state index in [0.717, 1.165) is 12.5 Å². The Balaban J connectivity index is 0.00000578. The number of carbonyl (C=O) groups is 3. The molecule has 3 N–H and O–H groups in total. The van der Waals surface area contributed by atoms with Crippen molar-refractivity contribution in [2.45, 2.75) is 60.2 Å². The van der Waals surface area contributed by atoms with Gasteiger partial charge in [-0.05, 0) is 29.5 Å². The van der Waals surface area contributed by atoms with E-state index in [1.807, 2.05) is 34.6 Å². The van der Waals surface area contributed by atoms with E-state index in [2.05, 4.69) is 10.3 Å². The van der Waals surface area contributed by atoms with Crippen LogP contribution in [0.5, 0.6) is 0 Å². The van der Waals surface area contributed by atoms with Gasteiger partial charge in [-0.1, -0.05) is 41.0 Å². The SMILES string of the molecule is CC[C@H](C)[C@H](N)C(=O)OCn1ccsc1=NC(=O)c1ccc(NC(=O)CC(C)(C)C)c(F)c1.Cl. The van der Waals surface area contributed by atoms with Gasteiger partial charge in [-0.3, -0.25) is 19.0 Å². The summed E-state index contributed by atoms with van der Waals surface area (Å²) in [4.78, 5) is 41.0. The van der Waals surface area contributed by atoms with Gasteiger partial charge in [-0.25, -0.2) is 4.39 Å². The molecule has 2 amide bonds. The number of aromatic nitrogens is 1. The zero-order valence-corrected chi connectivity index (χ0v) is 21.6. The van der Waals surface area contributed by atoms with Gasteiger partial charge in [0.2, 0.25) is 5.91 Å². The molecule has 11 heteroatoms. The summed E-state index contributed by atoms with van der Waals surface area (Å²) in [7, 11) is 0. The summed E-state index contributed by atoms with van der Waals surface area (Å²) in [6.07, 6.45) is 2.59. The number of halogens is 2.